The van der Waals surface area contributed by atoms with E-state index >= 15 is 0 Å². The third-order valence-electron chi connectivity index (χ3n) is 7.53. The zero-order valence-electron chi connectivity index (χ0n) is 27.2. The average Bonchev–Trinajstić information content (AvgIpc) is 3.11. The van der Waals surface area contributed by atoms with Crippen LogP contribution >= 0.6 is 11.6 Å². The second-order valence-corrected chi connectivity index (χ2v) is 11.5. The van der Waals surface area contributed by atoms with Crippen molar-refractivity contribution in [2.75, 3.05) is 17.7 Å². The van der Waals surface area contributed by atoms with Gasteiger partial charge in [-0.15, -0.1) is 0 Å². The fraction of sp³-hybridized carbons (Fsp3) is 0.0769. The van der Waals surface area contributed by atoms with Crippen LogP contribution in [0.5, 0.6) is 5.75 Å². The van der Waals surface area contributed by atoms with Crippen LogP contribution in [0.4, 0.5) is 27.1 Å². The van der Waals surface area contributed by atoms with Gasteiger partial charge in [0.1, 0.15) is 11.6 Å². The van der Waals surface area contributed by atoms with Gasteiger partial charge in [-0.1, -0.05) is 59.6 Å². The quantitative estimate of drug-likeness (QED) is 0.117. The molecule has 0 aliphatic rings. The van der Waals surface area contributed by atoms with Crippen molar-refractivity contribution in [2.45, 2.75) is 13.8 Å². The number of anilines is 4. The molecule has 252 valence electrons. The van der Waals surface area contributed by atoms with E-state index in [4.69, 9.17) is 16.3 Å². The summed E-state index contributed by atoms with van der Waals surface area (Å²) in [7, 11) is 1.60. The van der Waals surface area contributed by atoms with Crippen LogP contribution in [-0.2, 0) is 0 Å². The smallest absolute Gasteiger partial charge is 0.337 e. The van der Waals surface area contributed by atoms with Crippen molar-refractivity contribution in [2.24, 2.45) is 0 Å². The summed E-state index contributed by atoms with van der Waals surface area (Å²) >= 11 is 6.18. The Hall–Kier alpha value is -6.26. The molecule has 0 bridgehead atoms. The molecule has 50 heavy (non-hydrogen) atoms. The number of aromatic nitrogens is 2. The summed E-state index contributed by atoms with van der Waals surface area (Å²) in [5.74, 6) is -2.09. The van der Waals surface area contributed by atoms with E-state index in [0.717, 1.165) is 39.4 Å². The van der Waals surface area contributed by atoms with E-state index in [-0.39, 0.29) is 16.8 Å². The first-order chi connectivity index (χ1) is 24.0. The normalized spacial score (nSPS) is 10.4. The van der Waals surface area contributed by atoms with Gasteiger partial charge < -0.3 is 25.6 Å². The lowest BCUT2D eigenvalue weighted by Crippen LogP contribution is -2.05. The fourth-order valence-electron chi connectivity index (χ4n) is 5.09. The maximum Gasteiger partial charge on any atom is 0.337 e. The average molecular weight is 691 g/mol. The molecule has 0 saturated carbocycles. The van der Waals surface area contributed by atoms with E-state index in [9.17, 15) is 24.2 Å². The van der Waals surface area contributed by atoms with E-state index < -0.39 is 17.8 Å². The van der Waals surface area contributed by atoms with Gasteiger partial charge in [0.2, 0.25) is 0 Å². The highest BCUT2D eigenvalue weighted by atomic mass is 35.5. The van der Waals surface area contributed by atoms with Crippen molar-refractivity contribution < 1.29 is 28.9 Å². The second kappa shape index (κ2) is 15.8. The van der Waals surface area contributed by atoms with Gasteiger partial charge in [0.15, 0.2) is 0 Å². The van der Waals surface area contributed by atoms with E-state index in [2.05, 4.69) is 20.6 Å². The molecule has 11 heteroatoms. The van der Waals surface area contributed by atoms with Crippen LogP contribution in [0.15, 0.2) is 116 Å². The number of pyridine rings is 2. The zero-order valence-corrected chi connectivity index (χ0v) is 28.0. The molecule has 0 amide bonds. The van der Waals surface area contributed by atoms with Gasteiger partial charge >= 0.3 is 11.9 Å². The summed E-state index contributed by atoms with van der Waals surface area (Å²) in [4.78, 5) is 31.5. The Morgan fingerprint density at radius 1 is 0.760 bits per heavy atom. The number of nitrogens with one attached hydrogen (secondary N) is 2. The first-order valence-corrected chi connectivity index (χ1v) is 15.6. The standard InChI is InChI=1S/C20H17FN2O3.C19H15ClN2O2/c1-12-9-14(23-19-16(20(24)25)7-4-8-17(19)21)11-22-18(12)13-5-3-6-15(10-13)26-2;1-12-6-8-18(15(10-12)19(23)24)22-13-7-9-17(21-11-13)14-4-2-3-5-16(14)20/h3-11,23H,1-2H3,(H,24,25);2-11,22H,1H3,(H,23,24). The molecular formula is C39H32ClFN4O5. The summed E-state index contributed by atoms with van der Waals surface area (Å²) in [6.45, 7) is 3.74. The highest BCUT2D eigenvalue weighted by molar-refractivity contribution is 6.33. The van der Waals surface area contributed by atoms with Crippen molar-refractivity contribution in [3.05, 3.63) is 149 Å². The molecule has 0 saturated heterocycles. The predicted octanol–water partition coefficient (Wildman–Crippen LogP) is 9.80. The van der Waals surface area contributed by atoms with Crippen molar-refractivity contribution in [3.8, 4) is 28.3 Å². The number of benzene rings is 4. The Kier molecular flexibility index (Phi) is 11.0. The van der Waals surface area contributed by atoms with Gasteiger partial charge in [-0.25, -0.2) is 14.0 Å². The summed E-state index contributed by atoms with van der Waals surface area (Å²) in [5, 5.41) is 25.1. The van der Waals surface area contributed by atoms with Crippen molar-refractivity contribution >= 4 is 46.3 Å². The molecule has 6 aromatic rings. The van der Waals surface area contributed by atoms with Gasteiger partial charge in [0.25, 0.3) is 0 Å². The maximum atomic E-state index is 14.1. The van der Waals surface area contributed by atoms with Crippen LogP contribution in [0.1, 0.15) is 31.8 Å². The Labute approximate surface area is 293 Å². The topological polar surface area (TPSA) is 134 Å². The lowest BCUT2D eigenvalue weighted by molar-refractivity contribution is 0.0687. The molecule has 0 spiro atoms. The number of para-hydroxylation sites is 1. The van der Waals surface area contributed by atoms with Crippen molar-refractivity contribution in [1.82, 2.24) is 9.97 Å². The highest BCUT2D eigenvalue weighted by Gasteiger charge is 2.16. The Bertz CT molecular complexity index is 2180. The summed E-state index contributed by atoms with van der Waals surface area (Å²) in [5.41, 5.74) is 6.76. The number of nitrogens with zero attached hydrogens (tertiary/aromatic N) is 2. The van der Waals surface area contributed by atoms with E-state index in [1.807, 2.05) is 80.6 Å². The van der Waals surface area contributed by atoms with Gasteiger partial charge in [-0.05, 0) is 80.1 Å². The second-order valence-electron chi connectivity index (χ2n) is 11.1. The molecule has 2 heterocycles. The molecule has 9 nitrogen and oxygen atoms in total. The van der Waals surface area contributed by atoms with E-state index in [1.54, 1.807) is 37.7 Å². The molecule has 0 fully saturated rings. The number of carboxylic acids is 2. The van der Waals surface area contributed by atoms with Crippen LogP contribution in [-0.4, -0.2) is 39.2 Å². The molecule has 0 unspecified atom stereocenters. The number of rotatable bonds is 9. The van der Waals surface area contributed by atoms with Crippen LogP contribution in [0.3, 0.4) is 0 Å². The Balaban J connectivity index is 0.000000195. The molecule has 0 aliphatic carbocycles. The van der Waals surface area contributed by atoms with Gasteiger partial charge in [0.05, 0.1) is 64.8 Å². The number of hydrogen-bond acceptors (Lipinski definition) is 7. The lowest BCUT2D eigenvalue weighted by atomic mass is 10.1. The minimum absolute atomic E-state index is 0.0877. The minimum atomic E-state index is -1.20. The van der Waals surface area contributed by atoms with Crippen molar-refractivity contribution in [3.63, 3.8) is 0 Å². The number of methoxy groups -OCH3 is 1. The summed E-state index contributed by atoms with van der Waals surface area (Å²) in [6.07, 6.45) is 3.20. The monoisotopic (exact) mass is 690 g/mol. The van der Waals surface area contributed by atoms with Crippen LogP contribution in [0.25, 0.3) is 22.5 Å². The lowest BCUT2D eigenvalue weighted by Gasteiger charge is -2.13. The molecule has 0 aliphatic heterocycles. The third kappa shape index (κ3) is 8.41. The summed E-state index contributed by atoms with van der Waals surface area (Å²) in [6, 6.07) is 29.7. The van der Waals surface area contributed by atoms with Crippen molar-refractivity contribution in [1.29, 1.82) is 0 Å². The number of carboxylic acid groups (broad SMARTS) is 2. The highest BCUT2D eigenvalue weighted by Crippen LogP contribution is 2.30. The molecule has 0 radical (unpaired) electrons. The maximum absolute atomic E-state index is 14.1. The van der Waals surface area contributed by atoms with Gasteiger partial charge in [-0.2, -0.15) is 0 Å². The number of ether oxygens (including phenoxy) is 1. The number of aryl methyl sites for hydroxylation is 2. The van der Waals surface area contributed by atoms with Crippen LogP contribution in [0, 0.1) is 19.7 Å². The first-order valence-electron chi connectivity index (χ1n) is 15.3. The number of hydrogen-bond donors (Lipinski definition) is 4. The molecule has 0 atom stereocenters. The number of aromatic carboxylic acids is 2. The Morgan fingerprint density at radius 2 is 1.50 bits per heavy atom. The van der Waals surface area contributed by atoms with Gasteiger partial charge in [-0.3, -0.25) is 9.97 Å². The molecular weight excluding hydrogens is 659 g/mol. The number of halogens is 2. The predicted molar refractivity (Wildman–Crippen MR) is 194 cm³/mol. The Morgan fingerprint density at radius 3 is 2.18 bits per heavy atom. The zero-order chi connectivity index (χ0) is 35.8. The largest absolute Gasteiger partial charge is 0.497 e. The SMILES string of the molecule is COc1cccc(-c2ncc(Nc3c(F)cccc3C(=O)O)cc2C)c1.Cc1ccc(Nc2ccc(-c3ccccc3Cl)nc2)c(C(=O)O)c1. The third-order valence-corrected chi connectivity index (χ3v) is 7.86. The molecule has 6 rings (SSSR count). The van der Waals surface area contributed by atoms with E-state index in [0.29, 0.717) is 22.1 Å². The van der Waals surface area contributed by atoms with Crippen LogP contribution in [0.2, 0.25) is 5.02 Å². The van der Waals surface area contributed by atoms with Crippen LogP contribution < -0.4 is 15.4 Å². The van der Waals surface area contributed by atoms with E-state index in [1.165, 1.54) is 18.2 Å². The summed E-state index contributed by atoms with van der Waals surface area (Å²) < 4.78 is 19.3. The first kappa shape index (κ1) is 35.1. The molecule has 4 N–H and O–H groups in total. The minimum Gasteiger partial charge on any atom is -0.497 e. The number of carbonyl (C=O) groups is 2. The molecule has 2 aromatic heterocycles. The van der Waals surface area contributed by atoms with Gasteiger partial charge in [0, 0.05) is 16.1 Å². The fourth-order valence-corrected chi connectivity index (χ4v) is 5.32. The molecule has 4 aromatic carbocycles.